The molecule has 3 aliphatic heterocycles. The molecule has 50 heavy (non-hydrogen) atoms. The van der Waals surface area contributed by atoms with Gasteiger partial charge in [0, 0.05) is 54.1 Å². The summed E-state index contributed by atoms with van der Waals surface area (Å²) in [5, 5.41) is 23.9. The van der Waals surface area contributed by atoms with Crippen LogP contribution in [0.25, 0.3) is 10.8 Å². The van der Waals surface area contributed by atoms with Crippen LogP contribution in [0.4, 0.5) is 16.2 Å². The van der Waals surface area contributed by atoms with Crippen molar-refractivity contribution in [3.8, 4) is 11.5 Å². The van der Waals surface area contributed by atoms with Gasteiger partial charge in [-0.25, -0.2) is 9.69 Å². The van der Waals surface area contributed by atoms with Gasteiger partial charge in [0.25, 0.3) is 5.91 Å². The number of hydrogen-bond donors (Lipinski definition) is 2. The zero-order valence-electron chi connectivity index (χ0n) is 28.6. The average Bonchev–Trinajstić information content (AvgIpc) is 3.73. The molecule has 0 bridgehead atoms. The Morgan fingerprint density at radius 2 is 1.88 bits per heavy atom. The summed E-state index contributed by atoms with van der Waals surface area (Å²) >= 11 is 6.34. The second-order valence-electron chi connectivity index (χ2n) is 13.2. The number of aliphatic hydroxyl groups is 1. The Labute approximate surface area is 305 Å². The quantitative estimate of drug-likeness (QED) is 0.111. The number of fused-ring (bicyclic) bond motifs is 5. The minimum absolute atomic E-state index is 0.00629. The van der Waals surface area contributed by atoms with E-state index in [4.69, 9.17) is 21.1 Å². The Balaban J connectivity index is 1.09. The van der Waals surface area contributed by atoms with E-state index < -0.39 is 18.4 Å². The molecule has 3 heterocycles. The largest absolute Gasteiger partial charge is 0.507 e. The second-order valence-corrected chi connectivity index (χ2v) is 16.4. The standard InChI is InChI=1S/C37H44ClN3O7S2/c1-22-16-27-29(41(37(46)48-21-23(2)50-49-3)36(45)28-12-9-14-39(28)35(27)44)18-32(22)47-15-8-4-5-13-33(43)40-20-24(19-38)34-26-11-7-6-10-25(26)31(42)17-30(34)40/h6-7,10-11,16-18,23-24,28,36,42,45H,4-5,8-9,12-15,19-21H2,1-3H3/t23?,24-,28+,36?/m1/s1. The lowest BCUT2D eigenvalue weighted by molar-refractivity contribution is -0.118. The molecular weight excluding hydrogens is 698 g/mol. The van der Waals surface area contributed by atoms with Crippen LogP contribution < -0.4 is 14.5 Å². The molecule has 6 rings (SSSR count). The number of unbranched alkanes of at least 4 members (excludes halogenated alkanes) is 2. The topological polar surface area (TPSA) is 120 Å². The Hall–Kier alpha value is -3.32. The maximum atomic E-state index is 13.6. The van der Waals surface area contributed by atoms with Crippen LogP contribution in [0.1, 0.15) is 72.9 Å². The van der Waals surface area contributed by atoms with E-state index in [1.807, 2.05) is 44.4 Å². The van der Waals surface area contributed by atoms with Crippen LogP contribution in [0.5, 0.6) is 11.5 Å². The van der Waals surface area contributed by atoms with Gasteiger partial charge in [-0.3, -0.25) is 9.59 Å². The lowest BCUT2D eigenvalue weighted by atomic mass is 9.95. The Bertz CT molecular complexity index is 1760. The third kappa shape index (κ3) is 7.22. The van der Waals surface area contributed by atoms with E-state index in [0.29, 0.717) is 62.6 Å². The average molecular weight is 742 g/mol. The van der Waals surface area contributed by atoms with Crippen molar-refractivity contribution in [3.05, 3.63) is 59.2 Å². The normalized spacial score (nSPS) is 20.4. The van der Waals surface area contributed by atoms with E-state index in [1.165, 1.54) is 4.90 Å². The van der Waals surface area contributed by atoms with Crippen molar-refractivity contribution in [1.29, 1.82) is 0 Å². The van der Waals surface area contributed by atoms with E-state index in [2.05, 4.69) is 0 Å². The summed E-state index contributed by atoms with van der Waals surface area (Å²) in [4.78, 5) is 45.1. The molecule has 4 atom stereocenters. The lowest BCUT2D eigenvalue weighted by Crippen LogP contribution is -2.51. The highest BCUT2D eigenvalue weighted by Gasteiger charge is 2.45. The molecule has 1 fully saturated rings. The van der Waals surface area contributed by atoms with E-state index in [9.17, 15) is 24.6 Å². The number of aromatic hydroxyl groups is 1. The minimum Gasteiger partial charge on any atom is -0.507 e. The number of phenolic OH excluding ortho intramolecular Hbond substituents is 1. The third-order valence-electron chi connectivity index (χ3n) is 9.78. The molecule has 13 heteroatoms. The molecule has 1 saturated heterocycles. The summed E-state index contributed by atoms with van der Waals surface area (Å²) in [6.07, 6.45) is 3.79. The first-order chi connectivity index (χ1) is 24.1. The molecule has 268 valence electrons. The number of hydrogen-bond acceptors (Lipinski definition) is 9. The molecule has 10 nitrogen and oxygen atoms in total. The first-order valence-corrected chi connectivity index (χ1v) is 20.3. The van der Waals surface area contributed by atoms with Gasteiger partial charge in [-0.1, -0.05) is 45.9 Å². The van der Waals surface area contributed by atoms with Crippen LogP contribution in [0.15, 0.2) is 42.5 Å². The van der Waals surface area contributed by atoms with Gasteiger partial charge >= 0.3 is 6.09 Å². The van der Waals surface area contributed by atoms with Gasteiger partial charge in [0.1, 0.15) is 18.1 Å². The maximum absolute atomic E-state index is 13.6. The second kappa shape index (κ2) is 15.9. The number of nitrogens with zero attached hydrogens (tertiary/aromatic N) is 3. The number of carbonyl (C=O) groups excluding carboxylic acids is 3. The highest BCUT2D eigenvalue weighted by atomic mass is 35.5. The van der Waals surface area contributed by atoms with Crippen LogP contribution in [0.3, 0.4) is 0 Å². The molecule has 0 radical (unpaired) electrons. The summed E-state index contributed by atoms with van der Waals surface area (Å²) in [6, 6.07) is 12.2. The van der Waals surface area contributed by atoms with E-state index in [-0.39, 0.29) is 41.0 Å². The lowest BCUT2D eigenvalue weighted by Gasteiger charge is -2.32. The summed E-state index contributed by atoms with van der Waals surface area (Å²) in [6.45, 7) is 5.36. The van der Waals surface area contributed by atoms with Crippen molar-refractivity contribution in [3.63, 3.8) is 0 Å². The van der Waals surface area contributed by atoms with Crippen LogP contribution in [-0.2, 0) is 9.53 Å². The SMILES string of the molecule is CSSC(C)COC(=O)N1c2cc(OCCCCCC(=O)N3C[C@@H](CCl)c4c3cc(O)c3ccccc43)c(C)cc2C(=O)N2CCC[C@H]2C1O. The number of phenols is 1. The van der Waals surface area contributed by atoms with Crippen LogP contribution >= 0.6 is 33.2 Å². The number of amides is 3. The third-order valence-corrected chi connectivity index (χ3v) is 12.4. The number of aryl methyl sites for hydroxylation is 1. The van der Waals surface area contributed by atoms with Gasteiger partial charge in [0.15, 0.2) is 6.23 Å². The van der Waals surface area contributed by atoms with Gasteiger partial charge < -0.3 is 29.5 Å². The number of anilines is 2. The van der Waals surface area contributed by atoms with E-state index in [1.54, 1.807) is 49.6 Å². The van der Waals surface area contributed by atoms with E-state index >= 15 is 0 Å². The van der Waals surface area contributed by atoms with Crippen LogP contribution in [0, 0.1) is 6.92 Å². The smallest absolute Gasteiger partial charge is 0.416 e. The zero-order valence-corrected chi connectivity index (χ0v) is 31.0. The fraction of sp³-hybridized carbons (Fsp3) is 0.486. The minimum atomic E-state index is -1.25. The first-order valence-electron chi connectivity index (χ1n) is 17.2. The van der Waals surface area contributed by atoms with Crippen molar-refractivity contribution in [1.82, 2.24) is 4.90 Å². The molecule has 0 aromatic heterocycles. The van der Waals surface area contributed by atoms with E-state index in [0.717, 1.165) is 40.4 Å². The number of halogens is 1. The Kier molecular flexibility index (Phi) is 11.6. The Morgan fingerprint density at radius 3 is 2.64 bits per heavy atom. The van der Waals surface area contributed by atoms with Crippen molar-refractivity contribution >= 4 is 73.2 Å². The zero-order chi connectivity index (χ0) is 35.5. The Morgan fingerprint density at radius 1 is 1.10 bits per heavy atom. The molecule has 3 aromatic rings. The highest BCUT2D eigenvalue weighted by Crippen LogP contribution is 2.45. The predicted molar refractivity (Wildman–Crippen MR) is 201 cm³/mol. The highest BCUT2D eigenvalue weighted by molar-refractivity contribution is 8.76. The number of alkyl halides is 1. The molecule has 2 N–H and O–H groups in total. The van der Waals surface area contributed by atoms with Gasteiger partial charge in [-0.05, 0) is 74.8 Å². The molecule has 3 amide bonds. The monoisotopic (exact) mass is 741 g/mol. The van der Waals surface area contributed by atoms with Crippen molar-refractivity contribution in [2.75, 3.05) is 48.2 Å². The predicted octanol–water partition coefficient (Wildman–Crippen LogP) is 7.44. The fourth-order valence-electron chi connectivity index (χ4n) is 7.34. The summed E-state index contributed by atoms with van der Waals surface area (Å²) in [5.74, 6) is 0.812. The number of aliphatic hydroxyl groups excluding tert-OH is 1. The molecule has 3 aromatic carbocycles. The van der Waals surface area contributed by atoms with Crippen molar-refractivity contribution < 1.29 is 34.1 Å². The summed E-state index contributed by atoms with van der Waals surface area (Å²) < 4.78 is 11.8. The molecular formula is C37H44ClN3O7S2. The maximum Gasteiger partial charge on any atom is 0.416 e. The van der Waals surface area contributed by atoms with Crippen LogP contribution in [0.2, 0.25) is 0 Å². The van der Waals surface area contributed by atoms with Crippen LogP contribution in [-0.4, -0.2) is 89.0 Å². The first kappa shape index (κ1) is 36.5. The van der Waals surface area contributed by atoms with Gasteiger partial charge in [0.05, 0.1) is 29.6 Å². The molecule has 2 unspecified atom stereocenters. The van der Waals surface area contributed by atoms with Gasteiger partial charge in [0.2, 0.25) is 5.91 Å². The summed E-state index contributed by atoms with van der Waals surface area (Å²) in [5.41, 5.74) is 3.10. The van der Waals surface area contributed by atoms with Gasteiger partial charge in [-0.2, -0.15) is 0 Å². The number of benzene rings is 3. The number of carbonyl (C=O) groups is 3. The van der Waals surface area contributed by atoms with Crippen molar-refractivity contribution in [2.24, 2.45) is 0 Å². The number of rotatable bonds is 12. The molecule has 0 spiro atoms. The molecule has 0 saturated carbocycles. The van der Waals surface area contributed by atoms with Gasteiger partial charge in [-0.15, -0.1) is 11.6 Å². The summed E-state index contributed by atoms with van der Waals surface area (Å²) in [7, 11) is 3.18. The fourth-order valence-corrected chi connectivity index (χ4v) is 9.20. The number of ether oxygens (including phenoxy) is 2. The molecule has 0 aliphatic carbocycles. The molecule has 3 aliphatic rings. The van der Waals surface area contributed by atoms with Crippen molar-refractivity contribution in [2.45, 2.75) is 75.8 Å².